The van der Waals surface area contributed by atoms with Gasteiger partial charge in [-0.2, -0.15) is 5.21 Å². The van der Waals surface area contributed by atoms with Crippen LogP contribution in [0.5, 0.6) is 0 Å². The van der Waals surface area contributed by atoms with Crippen LogP contribution in [-0.4, -0.2) is 32.6 Å². The summed E-state index contributed by atoms with van der Waals surface area (Å²) in [7, 11) is 2.12. The number of H-pyrrole nitrogens is 1. The topological polar surface area (TPSA) is 57.7 Å². The molecule has 0 saturated carbocycles. The van der Waals surface area contributed by atoms with Crippen molar-refractivity contribution in [3.8, 4) is 11.4 Å². The lowest BCUT2D eigenvalue weighted by molar-refractivity contribution is 0.319. The van der Waals surface area contributed by atoms with Crippen LogP contribution in [0.2, 0.25) is 0 Å². The number of aromatic nitrogens is 4. The average molecular weight is 293 g/mol. The lowest BCUT2D eigenvalue weighted by Crippen LogP contribution is -2.17. The molecule has 0 bridgehead atoms. The first-order chi connectivity index (χ1) is 10.7. The second kappa shape index (κ2) is 6.49. The van der Waals surface area contributed by atoms with Gasteiger partial charge in [0, 0.05) is 18.7 Å². The summed E-state index contributed by atoms with van der Waals surface area (Å²) < 4.78 is 0. The lowest BCUT2D eigenvalue weighted by atomic mass is 10.1. The Hall–Kier alpha value is -2.53. The highest BCUT2D eigenvalue weighted by Crippen LogP contribution is 2.20. The summed E-state index contributed by atoms with van der Waals surface area (Å²) in [5.74, 6) is 0.638. The van der Waals surface area contributed by atoms with Crippen LogP contribution in [0.15, 0.2) is 48.5 Å². The van der Waals surface area contributed by atoms with Crippen molar-refractivity contribution in [1.82, 2.24) is 25.5 Å². The third-order valence-corrected chi connectivity index (χ3v) is 3.62. The Labute approximate surface area is 130 Å². The van der Waals surface area contributed by atoms with Gasteiger partial charge in [-0.25, -0.2) is 0 Å². The molecule has 0 aliphatic rings. The molecule has 112 valence electrons. The minimum Gasteiger partial charge on any atom is -0.298 e. The molecule has 5 nitrogen and oxygen atoms in total. The van der Waals surface area contributed by atoms with Crippen molar-refractivity contribution in [3.63, 3.8) is 0 Å². The zero-order valence-corrected chi connectivity index (χ0v) is 12.8. The summed E-state index contributed by atoms with van der Waals surface area (Å²) in [4.78, 5) is 2.28. The van der Waals surface area contributed by atoms with Gasteiger partial charge in [0.15, 0.2) is 0 Å². The molecule has 0 spiro atoms. The van der Waals surface area contributed by atoms with E-state index in [1.165, 1.54) is 16.7 Å². The minimum absolute atomic E-state index is 0.638. The predicted molar refractivity (Wildman–Crippen MR) is 86.0 cm³/mol. The van der Waals surface area contributed by atoms with Gasteiger partial charge in [0.2, 0.25) is 5.82 Å². The summed E-state index contributed by atoms with van der Waals surface area (Å²) in [6, 6.07) is 16.8. The Balaban J connectivity index is 1.74. The zero-order chi connectivity index (χ0) is 15.4. The van der Waals surface area contributed by atoms with Crippen molar-refractivity contribution in [2.75, 3.05) is 7.05 Å². The highest BCUT2D eigenvalue weighted by molar-refractivity contribution is 5.59. The number of aryl methyl sites for hydroxylation is 1. The smallest absolute Gasteiger partial charge is 0.204 e. The number of nitrogens with one attached hydrogen (secondary N) is 1. The number of rotatable bonds is 5. The maximum Gasteiger partial charge on any atom is 0.204 e. The van der Waals surface area contributed by atoms with E-state index in [9.17, 15) is 0 Å². The number of nitrogens with zero attached hydrogens (tertiary/aromatic N) is 4. The molecular formula is C17H19N5. The monoisotopic (exact) mass is 293 g/mol. The van der Waals surface area contributed by atoms with Crippen LogP contribution in [0.25, 0.3) is 11.4 Å². The van der Waals surface area contributed by atoms with Crippen LogP contribution in [0.4, 0.5) is 0 Å². The van der Waals surface area contributed by atoms with Gasteiger partial charge >= 0.3 is 0 Å². The third kappa shape index (κ3) is 3.38. The van der Waals surface area contributed by atoms with Crippen LogP contribution < -0.4 is 0 Å². The van der Waals surface area contributed by atoms with Gasteiger partial charge in [-0.3, -0.25) is 4.90 Å². The number of hydrogen-bond donors (Lipinski definition) is 1. The summed E-state index contributed by atoms with van der Waals surface area (Å²) in [5.41, 5.74) is 4.81. The first-order valence-electron chi connectivity index (χ1n) is 7.28. The zero-order valence-electron chi connectivity index (χ0n) is 12.8. The van der Waals surface area contributed by atoms with Crippen molar-refractivity contribution in [1.29, 1.82) is 0 Å². The van der Waals surface area contributed by atoms with E-state index in [0.29, 0.717) is 5.82 Å². The van der Waals surface area contributed by atoms with Crippen LogP contribution >= 0.6 is 0 Å². The molecule has 0 fully saturated rings. The molecule has 3 rings (SSSR count). The van der Waals surface area contributed by atoms with E-state index < -0.39 is 0 Å². The molecule has 0 aliphatic carbocycles. The molecule has 0 unspecified atom stereocenters. The van der Waals surface area contributed by atoms with E-state index in [4.69, 9.17) is 0 Å². The molecule has 0 atom stereocenters. The number of tetrazole rings is 1. The standard InChI is InChI=1S/C17H19N5/c1-13-7-9-14(10-8-13)11-22(2)12-15-5-3-4-6-16(15)17-18-20-21-19-17/h3-10H,11-12H2,1-2H3,(H,18,19,20,21). The number of aromatic amines is 1. The van der Waals surface area contributed by atoms with E-state index in [1.54, 1.807) is 0 Å². The van der Waals surface area contributed by atoms with Gasteiger partial charge < -0.3 is 0 Å². The quantitative estimate of drug-likeness (QED) is 0.786. The molecule has 1 N–H and O–H groups in total. The molecule has 5 heteroatoms. The summed E-state index contributed by atoms with van der Waals surface area (Å²) in [5, 5.41) is 14.3. The van der Waals surface area contributed by atoms with Gasteiger partial charge in [-0.15, -0.1) is 10.2 Å². The van der Waals surface area contributed by atoms with Crippen molar-refractivity contribution in [2.24, 2.45) is 0 Å². The van der Waals surface area contributed by atoms with E-state index in [0.717, 1.165) is 18.7 Å². The van der Waals surface area contributed by atoms with Crippen LogP contribution in [0.1, 0.15) is 16.7 Å². The second-order valence-corrected chi connectivity index (χ2v) is 5.55. The van der Waals surface area contributed by atoms with Crippen LogP contribution in [0.3, 0.4) is 0 Å². The van der Waals surface area contributed by atoms with E-state index in [2.05, 4.69) is 69.8 Å². The fourth-order valence-corrected chi connectivity index (χ4v) is 2.50. The van der Waals surface area contributed by atoms with Gasteiger partial charge in [0.1, 0.15) is 0 Å². The Morgan fingerprint density at radius 1 is 1.00 bits per heavy atom. The maximum atomic E-state index is 4.08. The van der Waals surface area contributed by atoms with Crippen LogP contribution in [0, 0.1) is 6.92 Å². The molecule has 0 radical (unpaired) electrons. The van der Waals surface area contributed by atoms with E-state index >= 15 is 0 Å². The van der Waals surface area contributed by atoms with Crippen LogP contribution in [-0.2, 0) is 13.1 Å². The second-order valence-electron chi connectivity index (χ2n) is 5.55. The van der Waals surface area contributed by atoms with Crippen molar-refractivity contribution < 1.29 is 0 Å². The summed E-state index contributed by atoms with van der Waals surface area (Å²) in [6.45, 7) is 3.84. The SMILES string of the molecule is Cc1ccc(CN(C)Cc2ccccc2-c2nn[nH]n2)cc1. The number of benzene rings is 2. The maximum absolute atomic E-state index is 4.08. The lowest BCUT2D eigenvalue weighted by Gasteiger charge is -2.18. The Bertz CT molecular complexity index is 719. The Kier molecular flexibility index (Phi) is 4.25. The average Bonchev–Trinajstić information content (AvgIpc) is 3.04. The molecule has 0 saturated heterocycles. The molecule has 3 aromatic rings. The van der Waals surface area contributed by atoms with Gasteiger partial charge in [-0.1, -0.05) is 54.1 Å². The molecule has 22 heavy (non-hydrogen) atoms. The minimum atomic E-state index is 0.638. The highest BCUT2D eigenvalue weighted by atomic mass is 15.5. The van der Waals surface area contributed by atoms with Crippen molar-refractivity contribution >= 4 is 0 Å². The highest BCUT2D eigenvalue weighted by Gasteiger charge is 2.10. The van der Waals surface area contributed by atoms with Gasteiger partial charge in [-0.05, 0) is 30.3 Å². The Morgan fingerprint density at radius 2 is 1.77 bits per heavy atom. The fraction of sp³-hybridized carbons (Fsp3) is 0.235. The van der Waals surface area contributed by atoms with Crippen molar-refractivity contribution in [3.05, 3.63) is 65.2 Å². The van der Waals surface area contributed by atoms with Gasteiger partial charge in [0.25, 0.3) is 0 Å². The molecule has 2 aromatic carbocycles. The van der Waals surface area contributed by atoms with E-state index in [1.807, 2.05) is 18.2 Å². The van der Waals surface area contributed by atoms with Crippen molar-refractivity contribution in [2.45, 2.75) is 20.0 Å². The normalized spacial score (nSPS) is 11.0. The largest absolute Gasteiger partial charge is 0.298 e. The summed E-state index contributed by atoms with van der Waals surface area (Å²) >= 11 is 0. The fourth-order valence-electron chi connectivity index (χ4n) is 2.50. The molecule has 1 heterocycles. The molecular weight excluding hydrogens is 274 g/mol. The molecule has 0 amide bonds. The number of hydrogen-bond acceptors (Lipinski definition) is 4. The third-order valence-electron chi connectivity index (χ3n) is 3.62. The van der Waals surface area contributed by atoms with Gasteiger partial charge in [0.05, 0.1) is 0 Å². The first-order valence-corrected chi connectivity index (χ1v) is 7.28. The predicted octanol–water partition coefficient (Wildman–Crippen LogP) is 2.81. The first kappa shape index (κ1) is 14.4. The van der Waals surface area contributed by atoms with E-state index in [-0.39, 0.29) is 0 Å². The molecule has 1 aromatic heterocycles. The molecule has 0 aliphatic heterocycles. The summed E-state index contributed by atoms with van der Waals surface area (Å²) in [6.07, 6.45) is 0. The Morgan fingerprint density at radius 3 is 2.50 bits per heavy atom.